The van der Waals surface area contributed by atoms with E-state index in [4.69, 9.17) is 18.9 Å². The Morgan fingerprint density at radius 3 is 1.55 bits per heavy atom. The Morgan fingerprint density at radius 1 is 0.553 bits per heavy atom. The number of hydrogen-bond donors (Lipinski definition) is 0. The number of benzene rings is 5. The fraction of sp³-hybridized carbons (Fsp3) is 0.125. The molecule has 6 heteroatoms. The molecule has 5 aromatic rings. The molecule has 0 spiro atoms. The number of para-hydroxylation sites is 2. The first-order valence-corrected chi connectivity index (χ1v) is 12.5. The van der Waals surface area contributed by atoms with Crippen LogP contribution in [-0.2, 0) is 6.42 Å². The number of fused-ring (bicyclic) bond motifs is 2. The van der Waals surface area contributed by atoms with E-state index in [0.29, 0.717) is 44.5 Å². The molecule has 38 heavy (non-hydrogen) atoms. The van der Waals surface area contributed by atoms with Crippen LogP contribution in [0.1, 0.15) is 25.3 Å². The van der Waals surface area contributed by atoms with Gasteiger partial charge in [-0.15, -0.1) is 0 Å². The lowest BCUT2D eigenvalue weighted by Gasteiger charge is -2.17. The quantitative estimate of drug-likeness (QED) is 0.125. The van der Waals surface area contributed by atoms with Crippen molar-refractivity contribution in [1.29, 1.82) is 0 Å². The van der Waals surface area contributed by atoms with Crippen LogP contribution in [0.15, 0.2) is 103 Å². The first-order valence-electron chi connectivity index (χ1n) is 12.5. The summed E-state index contributed by atoms with van der Waals surface area (Å²) in [6.45, 7) is 2.13. The minimum atomic E-state index is -0.866. The van der Waals surface area contributed by atoms with E-state index in [0.717, 1.165) is 24.8 Å². The molecule has 5 rings (SSSR count). The molecule has 190 valence electrons. The Morgan fingerprint density at radius 2 is 1.03 bits per heavy atom. The van der Waals surface area contributed by atoms with Gasteiger partial charge in [-0.1, -0.05) is 86.1 Å². The zero-order valence-corrected chi connectivity index (χ0v) is 20.9. The van der Waals surface area contributed by atoms with Gasteiger partial charge in [-0.25, -0.2) is 9.59 Å². The van der Waals surface area contributed by atoms with Gasteiger partial charge in [-0.2, -0.15) is 0 Å². The summed E-state index contributed by atoms with van der Waals surface area (Å²) in [4.78, 5) is 25.6. The molecule has 0 aliphatic carbocycles. The van der Waals surface area contributed by atoms with Gasteiger partial charge < -0.3 is 18.9 Å². The lowest BCUT2D eigenvalue weighted by Crippen LogP contribution is -2.16. The molecular weight excluding hydrogens is 480 g/mol. The molecule has 0 unspecified atom stereocenters. The van der Waals surface area contributed by atoms with Crippen molar-refractivity contribution in [2.75, 3.05) is 0 Å². The Balaban J connectivity index is 1.59. The maximum atomic E-state index is 12.8. The summed E-state index contributed by atoms with van der Waals surface area (Å²) in [5, 5.41) is 2.43. The molecule has 0 amide bonds. The highest BCUT2D eigenvalue weighted by molar-refractivity contribution is 6.12. The summed E-state index contributed by atoms with van der Waals surface area (Å²) in [7, 11) is 0. The Hall–Kier alpha value is -4.84. The predicted molar refractivity (Wildman–Crippen MR) is 146 cm³/mol. The number of aryl methyl sites for hydroxylation is 1. The molecule has 0 atom stereocenters. The second-order valence-corrected chi connectivity index (χ2v) is 8.72. The van der Waals surface area contributed by atoms with Gasteiger partial charge in [0.15, 0.2) is 0 Å². The summed E-state index contributed by atoms with van der Waals surface area (Å²) in [6.07, 6.45) is 1.19. The van der Waals surface area contributed by atoms with Crippen molar-refractivity contribution in [3.05, 3.63) is 109 Å². The average Bonchev–Trinajstić information content (AvgIpc) is 2.94. The van der Waals surface area contributed by atoms with Gasteiger partial charge in [0, 0.05) is 21.5 Å². The van der Waals surface area contributed by atoms with Gasteiger partial charge in [0.2, 0.25) is 0 Å². The van der Waals surface area contributed by atoms with Crippen molar-refractivity contribution >= 4 is 33.9 Å². The van der Waals surface area contributed by atoms with E-state index in [1.165, 1.54) is 0 Å². The summed E-state index contributed by atoms with van der Waals surface area (Å²) in [5.41, 5.74) is 1.08. The summed E-state index contributed by atoms with van der Waals surface area (Å²) >= 11 is 0. The maximum absolute atomic E-state index is 12.8. The lowest BCUT2D eigenvalue weighted by atomic mass is 9.97. The fourth-order valence-corrected chi connectivity index (χ4v) is 4.28. The number of hydrogen-bond acceptors (Lipinski definition) is 6. The third kappa shape index (κ3) is 5.60. The second kappa shape index (κ2) is 11.5. The highest BCUT2D eigenvalue weighted by Crippen LogP contribution is 2.43. The van der Waals surface area contributed by atoms with Crippen LogP contribution in [0.4, 0.5) is 9.59 Å². The topological polar surface area (TPSA) is 71.1 Å². The van der Waals surface area contributed by atoms with E-state index in [-0.39, 0.29) is 0 Å². The normalized spacial score (nSPS) is 10.8. The lowest BCUT2D eigenvalue weighted by molar-refractivity contribution is 0.151. The molecule has 0 fully saturated rings. The van der Waals surface area contributed by atoms with Gasteiger partial charge in [0.1, 0.15) is 23.0 Å². The molecule has 0 heterocycles. The van der Waals surface area contributed by atoms with E-state index in [1.807, 2.05) is 48.5 Å². The summed E-state index contributed by atoms with van der Waals surface area (Å²) in [5.74, 6) is 1.40. The molecule has 0 aromatic heterocycles. The van der Waals surface area contributed by atoms with Crippen LogP contribution in [-0.4, -0.2) is 12.3 Å². The highest BCUT2D eigenvalue weighted by atomic mass is 16.7. The number of carbonyl (C=O) groups excluding carboxylic acids is 2. The van der Waals surface area contributed by atoms with E-state index < -0.39 is 12.3 Å². The van der Waals surface area contributed by atoms with Crippen molar-refractivity contribution < 1.29 is 28.5 Å². The molecular formula is C32H26O6. The number of unbranched alkanes of at least 4 members (excludes halogenated alkanes) is 1. The van der Waals surface area contributed by atoms with E-state index in [9.17, 15) is 9.59 Å². The molecule has 0 bridgehead atoms. The third-order valence-electron chi connectivity index (χ3n) is 6.07. The Labute approximate surface area is 220 Å². The average molecular weight is 507 g/mol. The smallest absolute Gasteiger partial charge is 0.395 e. The first-order chi connectivity index (χ1) is 18.6. The molecule has 0 aliphatic heterocycles. The predicted octanol–water partition coefficient (Wildman–Crippen LogP) is 8.49. The molecule has 0 aliphatic rings. The minimum absolute atomic E-state index is 0.322. The molecule has 5 aromatic carbocycles. The standard InChI is InChI=1S/C32H26O6/c1-2-3-12-22-19-20-27-28(21-22)30(38-32(34)36-24-15-8-5-9-16-24)26-18-11-10-17-25(26)29(27)37-31(33)35-23-13-6-4-7-14-23/h4-11,13-21H,2-3,12H2,1H3. The van der Waals surface area contributed by atoms with Crippen molar-refractivity contribution in [1.82, 2.24) is 0 Å². The maximum Gasteiger partial charge on any atom is 0.519 e. The molecule has 0 N–H and O–H groups in total. The van der Waals surface area contributed by atoms with Gasteiger partial charge >= 0.3 is 12.3 Å². The summed E-state index contributed by atoms with van der Waals surface area (Å²) in [6, 6.07) is 30.6. The van der Waals surface area contributed by atoms with Crippen molar-refractivity contribution in [3.8, 4) is 23.0 Å². The number of carbonyl (C=O) groups is 2. The van der Waals surface area contributed by atoms with Gasteiger partial charge in [0.25, 0.3) is 0 Å². The van der Waals surface area contributed by atoms with Crippen LogP contribution < -0.4 is 18.9 Å². The SMILES string of the molecule is CCCCc1ccc2c(OC(=O)Oc3ccccc3)c3ccccc3c(OC(=O)Oc3ccccc3)c2c1. The van der Waals surface area contributed by atoms with Crippen LogP contribution in [0, 0.1) is 0 Å². The monoisotopic (exact) mass is 506 g/mol. The summed E-state index contributed by atoms with van der Waals surface area (Å²) < 4.78 is 22.4. The van der Waals surface area contributed by atoms with Crippen molar-refractivity contribution in [2.24, 2.45) is 0 Å². The fourth-order valence-electron chi connectivity index (χ4n) is 4.28. The zero-order valence-electron chi connectivity index (χ0n) is 20.9. The Kier molecular flexibility index (Phi) is 7.50. The van der Waals surface area contributed by atoms with Crippen LogP contribution in [0.2, 0.25) is 0 Å². The van der Waals surface area contributed by atoms with E-state index in [1.54, 1.807) is 54.6 Å². The van der Waals surface area contributed by atoms with Crippen LogP contribution in [0.3, 0.4) is 0 Å². The first kappa shape index (κ1) is 24.8. The van der Waals surface area contributed by atoms with Crippen LogP contribution >= 0.6 is 0 Å². The van der Waals surface area contributed by atoms with E-state index >= 15 is 0 Å². The molecule has 0 radical (unpaired) electrons. The number of ether oxygens (including phenoxy) is 4. The van der Waals surface area contributed by atoms with Gasteiger partial charge in [0.05, 0.1) is 0 Å². The Bertz CT molecular complexity index is 1580. The van der Waals surface area contributed by atoms with E-state index in [2.05, 4.69) is 6.92 Å². The zero-order chi connectivity index (χ0) is 26.3. The second-order valence-electron chi connectivity index (χ2n) is 8.72. The number of rotatable bonds is 7. The molecule has 6 nitrogen and oxygen atoms in total. The third-order valence-corrected chi connectivity index (χ3v) is 6.07. The van der Waals surface area contributed by atoms with Crippen LogP contribution in [0.5, 0.6) is 23.0 Å². The van der Waals surface area contributed by atoms with Gasteiger partial charge in [-0.05, 0) is 48.7 Å². The van der Waals surface area contributed by atoms with Crippen LogP contribution in [0.25, 0.3) is 21.5 Å². The molecule has 0 saturated heterocycles. The van der Waals surface area contributed by atoms with Crippen molar-refractivity contribution in [3.63, 3.8) is 0 Å². The molecule has 0 saturated carbocycles. The minimum Gasteiger partial charge on any atom is -0.395 e. The van der Waals surface area contributed by atoms with Crippen molar-refractivity contribution in [2.45, 2.75) is 26.2 Å². The largest absolute Gasteiger partial charge is 0.519 e. The highest BCUT2D eigenvalue weighted by Gasteiger charge is 2.22. The van der Waals surface area contributed by atoms with Gasteiger partial charge in [-0.3, -0.25) is 0 Å².